The Balaban J connectivity index is 2.60. The SMILES string of the molecule is COOCCOCCN. The summed E-state index contributed by atoms with van der Waals surface area (Å²) in [6.45, 7) is 2.11. The van der Waals surface area contributed by atoms with Crippen LogP contribution in [-0.4, -0.2) is 33.5 Å². The van der Waals surface area contributed by atoms with Crippen LogP contribution in [0.15, 0.2) is 0 Å². The van der Waals surface area contributed by atoms with Gasteiger partial charge in [0.1, 0.15) is 6.61 Å². The minimum absolute atomic E-state index is 0.455. The molecule has 0 radical (unpaired) electrons. The summed E-state index contributed by atoms with van der Waals surface area (Å²) in [6.07, 6.45) is 0. The van der Waals surface area contributed by atoms with Crippen molar-refractivity contribution in [2.75, 3.05) is 33.5 Å². The molecule has 0 heterocycles. The third-order valence-corrected chi connectivity index (χ3v) is 0.691. The van der Waals surface area contributed by atoms with Gasteiger partial charge in [-0.15, -0.1) is 0 Å². The molecule has 56 valence electrons. The Morgan fingerprint density at radius 1 is 1.22 bits per heavy atom. The quantitative estimate of drug-likeness (QED) is 0.304. The van der Waals surface area contributed by atoms with Crippen molar-refractivity contribution in [2.45, 2.75) is 0 Å². The van der Waals surface area contributed by atoms with Gasteiger partial charge in [-0.1, -0.05) is 0 Å². The Hall–Kier alpha value is -0.160. The molecule has 4 nitrogen and oxygen atoms in total. The molecule has 0 spiro atoms. The Kier molecular flexibility index (Phi) is 7.70. The molecular weight excluding hydrogens is 122 g/mol. The van der Waals surface area contributed by atoms with Gasteiger partial charge in [-0.2, -0.15) is 0 Å². The minimum atomic E-state index is 0.455. The van der Waals surface area contributed by atoms with Crippen LogP contribution in [0.3, 0.4) is 0 Å². The molecule has 0 aliphatic carbocycles. The van der Waals surface area contributed by atoms with Crippen LogP contribution in [0.25, 0.3) is 0 Å². The monoisotopic (exact) mass is 135 g/mol. The summed E-state index contributed by atoms with van der Waals surface area (Å²) in [5.74, 6) is 0. The average Bonchev–Trinajstić information content (AvgIpc) is 1.89. The van der Waals surface area contributed by atoms with Crippen LogP contribution < -0.4 is 5.73 Å². The highest BCUT2D eigenvalue weighted by Crippen LogP contribution is 1.75. The Bertz CT molecular complexity index is 45.5. The Labute approximate surface area is 54.8 Å². The summed E-state index contributed by atoms with van der Waals surface area (Å²) in [4.78, 5) is 8.83. The van der Waals surface area contributed by atoms with E-state index in [0.717, 1.165) is 0 Å². The van der Waals surface area contributed by atoms with E-state index in [1.807, 2.05) is 0 Å². The molecule has 0 saturated carbocycles. The second-order valence-electron chi connectivity index (χ2n) is 1.39. The van der Waals surface area contributed by atoms with Crippen molar-refractivity contribution >= 4 is 0 Å². The van der Waals surface area contributed by atoms with Crippen molar-refractivity contribution in [1.29, 1.82) is 0 Å². The molecule has 0 atom stereocenters. The third kappa shape index (κ3) is 7.84. The molecule has 0 rings (SSSR count). The molecule has 0 aromatic heterocycles. The first kappa shape index (κ1) is 8.84. The highest BCUT2D eigenvalue weighted by Gasteiger charge is 1.84. The zero-order valence-corrected chi connectivity index (χ0v) is 5.63. The van der Waals surface area contributed by atoms with Crippen LogP contribution in [0, 0.1) is 0 Å². The predicted octanol–water partition coefficient (Wildman–Crippen LogP) is -0.460. The van der Waals surface area contributed by atoms with E-state index in [0.29, 0.717) is 26.4 Å². The van der Waals surface area contributed by atoms with E-state index in [1.54, 1.807) is 0 Å². The predicted molar refractivity (Wildman–Crippen MR) is 32.8 cm³/mol. The lowest BCUT2D eigenvalue weighted by Crippen LogP contribution is -2.11. The van der Waals surface area contributed by atoms with Crippen molar-refractivity contribution in [1.82, 2.24) is 0 Å². The molecule has 4 heteroatoms. The molecule has 0 aliphatic heterocycles. The largest absolute Gasteiger partial charge is 0.378 e. The first-order valence-corrected chi connectivity index (χ1v) is 2.85. The summed E-state index contributed by atoms with van der Waals surface area (Å²) in [5.41, 5.74) is 5.15. The number of ether oxygens (including phenoxy) is 1. The molecule has 0 unspecified atom stereocenters. The van der Waals surface area contributed by atoms with E-state index < -0.39 is 0 Å². The van der Waals surface area contributed by atoms with Crippen LogP contribution in [0.5, 0.6) is 0 Å². The van der Waals surface area contributed by atoms with E-state index >= 15 is 0 Å². The van der Waals surface area contributed by atoms with Gasteiger partial charge in [0.05, 0.1) is 20.3 Å². The summed E-state index contributed by atoms with van der Waals surface area (Å²) < 4.78 is 4.95. The van der Waals surface area contributed by atoms with E-state index in [-0.39, 0.29) is 0 Å². The molecule has 0 fully saturated rings. The fourth-order valence-electron chi connectivity index (χ4n) is 0.362. The van der Waals surface area contributed by atoms with Gasteiger partial charge in [-0.25, -0.2) is 9.78 Å². The highest BCUT2D eigenvalue weighted by atomic mass is 17.2. The summed E-state index contributed by atoms with van der Waals surface area (Å²) in [7, 11) is 1.46. The number of nitrogens with two attached hydrogens (primary N) is 1. The molecule has 0 bridgehead atoms. The molecular formula is C5H13NO3. The minimum Gasteiger partial charge on any atom is -0.378 e. The maximum absolute atomic E-state index is 5.15. The number of rotatable bonds is 6. The Morgan fingerprint density at radius 2 is 2.00 bits per heavy atom. The van der Waals surface area contributed by atoms with Gasteiger partial charge in [0.2, 0.25) is 0 Å². The first-order chi connectivity index (χ1) is 4.41. The van der Waals surface area contributed by atoms with Crippen LogP contribution in [0.1, 0.15) is 0 Å². The summed E-state index contributed by atoms with van der Waals surface area (Å²) in [5, 5.41) is 0. The molecule has 0 aromatic rings. The van der Waals surface area contributed by atoms with E-state index in [2.05, 4.69) is 9.78 Å². The van der Waals surface area contributed by atoms with Crippen molar-refractivity contribution < 1.29 is 14.5 Å². The van der Waals surface area contributed by atoms with Gasteiger partial charge in [0, 0.05) is 6.54 Å². The summed E-state index contributed by atoms with van der Waals surface area (Å²) in [6, 6.07) is 0. The summed E-state index contributed by atoms with van der Waals surface area (Å²) >= 11 is 0. The lowest BCUT2D eigenvalue weighted by molar-refractivity contribution is -0.277. The smallest absolute Gasteiger partial charge is 0.106 e. The fourth-order valence-corrected chi connectivity index (χ4v) is 0.362. The van der Waals surface area contributed by atoms with Crippen LogP contribution in [-0.2, 0) is 14.5 Å². The van der Waals surface area contributed by atoms with Gasteiger partial charge < -0.3 is 10.5 Å². The van der Waals surface area contributed by atoms with E-state index in [1.165, 1.54) is 7.11 Å². The maximum atomic E-state index is 5.15. The van der Waals surface area contributed by atoms with Crippen molar-refractivity contribution in [3.63, 3.8) is 0 Å². The van der Waals surface area contributed by atoms with Gasteiger partial charge in [-0.3, -0.25) is 0 Å². The van der Waals surface area contributed by atoms with Gasteiger partial charge in [0.25, 0.3) is 0 Å². The second kappa shape index (κ2) is 7.84. The van der Waals surface area contributed by atoms with Gasteiger partial charge >= 0.3 is 0 Å². The lowest BCUT2D eigenvalue weighted by Gasteiger charge is -2.00. The molecule has 2 N–H and O–H groups in total. The van der Waals surface area contributed by atoms with Crippen LogP contribution in [0.2, 0.25) is 0 Å². The fraction of sp³-hybridized carbons (Fsp3) is 1.00. The third-order valence-electron chi connectivity index (χ3n) is 0.691. The highest BCUT2D eigenvalue weighted by molar-refractivity contribution is 4.29. The van der Waals surface area contributed by atoms with Crippen LogP contribution >= 0.6 is 0 Å². The zero-order chi connectivity index (χ0) is 6.95. The molecule has 0 aromatic carbocycles. The normalized spacial score (nSPS) is 10.0. The molecule has 0 saturated heterocycles. The van der Waals surface area contributed by atoms with Crippen molar-refractivity contribution in [3.05, 3.63) is 0 Å². The van der Waals surface area contributed by atoms with Crippen molar-refractivity contribution in [2.24, 2.45) is 5.73 Å². The topological polar surface area (TPSA) is 53.7 Å². The lowest BCUT2D eigenvalue weighted by atomic mass is 10.7. The van der Waals surface area contributed by atoms with Gasteiger partial charge in [0.15, 0.2) is 0 Å². The maximum Gasteiger partial charge on any atom is 0.106 e. The van der Waals surface area contributed by atoms with E-state index in [9.17, 15) is 0 Å². The van der Waals surface area contributed by atoms with Gasteiger partial charge in [-0.05, 0) is 0 Å². The van der Waals surface area contributed by atoms with Crippen molar-refractivity contribution in [3.8, 4) is 0 Å². The standard InChI is InChI=1S/C5H13NO3/c1-7-9-5-4-8-3-2-6/h2-6H2,1H3. The number of hydrogen-bond acceptors (Lipinski definition) is 4. The Morgan fingerprint density at radius 3 is 2.56 bits per heavy atom. The molecule has 0 amide bonds. The average molecular weight is 135 g/mol. The number of hydrogen-bond donors (Lipinski definition) is 1. The zero-order valence-electron chi connectivity index (χ0n) is 5.63. The molecule has 9 heavy (non-hydrogen) atoms. The first-order valence-electron chi connectivity index (χ1n) is 2.85. The second-order valence-corrected chi connectivity index (χ2v) is 1.39. The molecule has 0 aliphatic rings. The van der Waals surface area contributed by atoms with Crippen LogP contribution in [0.4, 0.5) is 0 Å². The van der Waals surface area contributed by atoms with E-state index in [4.69, 9.17) is 10.5 Å².